The molecule has 0 saturated carbocycles. The summed E-state index contributed by atoms with van der Waals surface area (Å²) in [6.07, 6.45) is 2.42. The van der Waals surface area contributed by atoms with E-state index in [0.29, 0.717) is 6.61 Å². The first-order valence-electron chi connectivity index (χ1n) is 7.64. The second-order valence-electron chi connectivity index (χ2n) is 7.88. The average molecular weight is 276 g/mol. The minimum atomic E-state index is -0.391. The molecule has 0 spiro atoms. The Balaban J connectivity index is 2.34. The highest BCUT2D eigenvalue weighted by Crippen LogP contribution is 2.40. The first kappa shape index (κ1) is 15.4. The Morgan fingerprint density at radius 3 is 2.55 bits per heavy atom. The molecule has 2 rings (SSSR count). The zero-order chi connectivity index (χ0) is 15.0. The predicted molar refractivity (Wildman–Crippen MR) is 83.2 cm³/mol. The monoisotopic (exact) mass is 276 g/mol. The molecule has 2 heteroatoms. The molecular weight excluding hydrogens is 248 g/mol. The fourth-order valence-corrected chi connectivity index (χ4v) is 3.40. The van der Waals surface area contributed by atoms with Crippen LogP contribution in [0.4, 0.5) is 0 Å². The van der Waals surface area contributed by atoms with Crippen molar-refractivity contribution in [3.05, 3.63) is 29.3 Å². The van der Waals surface area contributed by atoms with Crippen LogP contribution in [0, 0.1) is 5.41 Å². The number of aliphatic hydroxyl groups is 1. The summed E-state index contributed by atoms with van der Waals surface area (Å²) < 4.78 is 5.73. The van der Waals surface area contributed by atoms with Gasteiger partial charge in [-0.2, -0.15) is 0 Å². The number of hydrogen-bond acceptors (Lipinski definition) is 2. The van der Waals surface area contributed by atoms with Gasteiger partial charge >= 0.3 is 0 Å². The van der Waals surface area contributed by atoms with Gasteiger partial charge in [-0.1, -0.05) is 40.7 Å². The Morgan fingerprint density at radius 1 is 1.20 bits per heavy atom. The van der Waals surface area contributed by atoms with Crippen LogP contribution in [0.2, 0.25) is 0 Å². The number of aliphatic hydroxyl groups excluding tert-OH is 1. The normalized spacial score (nSPS) is 20.0. The van der Waals surface area contributed by atoms with E-state index < -0.39 is 6.10 Å². The van der Waals surface area contributed by atoms with Gasteiger partial charge in [0, 0.05) is 5.56 Å². The molecule has 1 N–H and O–H groups in total. The second kappa shape index (κ2) is 5.40. The van der Waals surface area contributed by atoms with Gasteiger partial charge in [0.2, 0.25) is 0 Å². The van der Waals surface area contributed by atoms with Gasteiger partial charge in [0.1, 0.15) is 5.75 Å². The fourth-order valence-electron chi connectivity index (χ4n) is 3.40. The third-order valence-corrected chi connectivity index (χ3v) is 4.00. The molecule has 1 aromatic rings. The van der Waals surface area contributed by atoms with Gasteiger partial charge in [0.15, 0.2) is 0 Å². The average Bonchev–Trinajstić information content (AvgIpc) is 2.48. The third kappa shape index (κ3) is 3.54. The van der Waals surface area contributed by atoms with E-state index in [1.807, 2.05) is 6.07 Å². The van der Waals surface area contributed by atoms with Crippen LogP contribution in [0.25, 0.3) is 0 Å². The van der Waals surface area contributed by atoms with Crippen LogP contribution in [-0.4, -0.2) is 11.7 Å². The maximum absolute atomic E-state index is 10.3. The van der Waals surface area contributed by atoms with E-state index in [-0.39, 0.29) is 10.8 Å². The molecule has 1 atom stereocenters. The lowest BCUT2D eigenvalue weighted by molar-refractivity contribution is 0.167. The molecule has 0 fully saturated rings. The minimum absolute atomic E-state index is 0.0965. The molecule has 1 unspecified atom stereocenters. The fraction of sp³-hybridized carbons (Fsp3) is 0.667. The molecule has 2 nitrogen and oxygen atoms in total. The van der Waals surface area contributed by atoms with Crippen molar-refractivity contribution in [3.8, 4) is 5.75 Å². The van der Waals surface area contributed by atoms with Crippen molar-refractivity contribution >= 4 is 0 Å². The molecule has 1 aromatic carbocycles. The van der Waals surface area contributed by atoms with E-state index in [4.69, 9.17) is 4.74 Å². The SMILES string of the molecule is CC(C)(C)CC(C)(C)c1ccc2c(c1)C(O)CCCO2. The Bertz CT molecular complexity index is 469. The standard InChI is InChI=1S/C18H28O2/c1-17(2,3)12-18(4,5)13-8-9-16-14(11-13)15(19)7-6-10-20-16/h8-9,11,15,19H,6-7,10,12H2,1-5H3. The smallest absolute Gasteiger partial charge is 0.125 e. The summed E-state index contributed by atoms with van der Waals surface area (Å²) in [7, 11) is 0. The Hall–Kier alpha value is -1.02. The van der Waals surface area contributed by atoms with Crippen LogP contribution in [0.15, 0.2) is 18.2 Å². The van der Waals surface area contributed by atoms with Crippen molar-refractivity contribution < 1.29 is 9.84 Å². The number of rotatable bonds is 2. The van der Waals surface area contributed by atoms with Crippen molar-refractivity contribution in [1.82, 2.24) is 0 Å². The summed E-state index contributed by atoms with van der Waals surface area (Å²) in [5.41, 5.74) is 2.63. The second-order valence-corrected chi connectivity index (χ2v) is 7.88. The largest absolute Gasteiger partial charge is 0.493 e. The first-order valence-corrected chi connectivity index (χ1v) is 7.64. The molecule has 1 aliphatic heterocycles. The molecule has 0 bridgehead atoms. The van der Waals surface area contributed by atoms with Gasteiger partial charge in [0.05, 0.1) is 12.7 Å². The lowest BCUT2D eigenvalue weighted by atomic mass is 9.72. The highest BCUT2D eigenvalue weighted by Gasteiger charge is 2.29. The third-order valence-electron chi connectivity index (χ3n) is 4.00. The number of fused-ring (bicyclic) bond motifs is 1. The zero-order valence-electron chi connectivity index (χ0n) is 13.5. The Labute approximate surface area is 123 Å². The van der Waals surface area contributed by atoms with E-state index in [2.05, 4.69) is 46.8 Å². The molecule has 0 aromatic heterocycles. The van der Waals surface area contributed by atoms with Crippen molar-refractivity contribution in [1.29, 1.82) is 0 Å². The van der Waals surface area contributed by atoms with Gasteiger partial charge in [-0.25, -0.2) is 0 Å². The Morgan fingerprint density at radius 2 is 1.90 bits per heavy atom. The summed E-state index contributed by atoms with van der Waals surface area (Å²) in [5.74, 6) is 0.852. The lowest BCUT2D eigenvalue weighted by Crippen LogP contribution is -2.25. The first-order chi connectivity index (χ1) is 9.19. The number of ether oxygens (including phenoxy) is 1. The maximum atomic E-state index is 10.3. The molecule has 112 valence electrons. The maximum Gasteiger partial charge on any atom is 0.125 e. The van der Waals surface area contributed by atoms with E-state index in [1.165, 1.54) is 5.56 Å². The van der Waals surface area contributed by atoms with Crippen LogP contribution < -0.4 is 4.74 Å². The molecule has 0 radical (unpaired) electrons. The summed E-state index contributed by atoms with van der Waals surface area (Å²) >= 11 is 0. The quantitative estimate of drug-likeness (QED) is 0.855. The van der Waals surface area contributed by atoms with Crippen molar-refractivity contribution in [2.24, 2.45) is 5.41 Å². The molecule has 0 amide bonds. The van der Waals surface area contributed by atoms with Crippen LogP contribution in [0.1, 0.15) is 71.1 Å². The van der Waals surface area contributed by atoms with E-state index in [0.717, 1.165) is 30.6 Å². The van der Waals surface area contributed by atoms with Crippen molar-refractivity contribution in [3.63, 3.8) is 0 Å². The number of hydrogen-bond donors (Lipinski definition) is 1. The highest BCUT2D eigenvalue weighted by molar-refractivity contribution is 5.41. The van der Waals surface area contributed by atoms with Crippen molar-refractivity contribution in [2.75, 3.05) is 6.61 Å². The zero-order valence-corrected chi connectivity index (χ0v) is 13.5. The van der Waals surface area contributed by atoms with Crippen molar-refractivity contribution in [2.45, 2.75) is 65.4 Å². The minimum Gasteiger partial charge on any atom is -0.493 e. The highest BCUT2D eigenvalue weighted by atomic mass is 16.5. The molecule has 0 saturated heterocycles. The van der Waals surface area contributed by atoms with Crippen LogP contribution >= 0.6 is 0 Å². The predicted octanol–water partition coefficient (Wildman–Crippen LogP) is 4.61. The van der Waals surface area contributed by atoms with Crippen LogP contribution in [-0.2, 0) is 5.41 Å². The van der Waals surface area contributed by atoms with E-state index in [9.17, 15) is 5.11 Å². The van der Waals surface area contributed by atoms with Gasteiger partial charge in [0.25, 0.3) is 0 Å². The molecular formula is C18H28O2. The van der Waals surface area contributed by atoms with Gasteiger partial charge in [-0.05, 0) is 47.8 Å². The van der Waals surface area contributed by atoms with E-state index in [1.54, 1.807) is 0 Å². The summed E-state index contributed by atoms with van der Waals surface area (Å²) in [6.45, 7) is 12.1. The van der Waals surface area contributed by atoms with Gasteiger partial charge in [-0.15, -0.1) is 0 Å². The molecule has 20 heavy (non-hydrogen) atoms. The Kier molecular flexibility index (Phi) is 4.15. The summed E-state index contributed by atoms with van der Waals surface area (Å²) in [5, 5.41) is 10.3. The lowest BCUT2D eigenvalue weighted by Gasteiger charge is -2.33. The molecule has 1 aliphatic rings. The topological polar surface area (TPSA) is 29.5 Å². The van der Waals surface area contributed by atoms with E-state index >= 15 is 0 Å². The molecule has 1 heterocycles. The molecule has 0 aliphatic carbocycles. The summed E-state index contributed by atoms with van der Waals surface area (Å²) in [4.78, 5) is 0. The van der Waals surface area contributed by atoms with Crippen LogP contribution in [0.3, 0.4) is 0 Å². The number of benzene rings is 1. The summed E-state index contributed by atoms with van der Waals surface area (Å²) in [6, 6.07) is 6.34. The van der Waals surface area contributed by atoms with Gasteiger partial charge < -0.3 is 9.84 Å². The van der Waals surface area contributed by atoms with Crippen LogP contribution in [0.5, 0.6) is 5.75 Å². The van der Waals surface area contributed by atoms with Gasteiger partial charge in [-0.3, -0.25) is 0 Å².